The Labute approximate surface area is 90.1 Å². The van der Waals surface area contributed by atoms with Gasteiger partial charge in [0.15, 0.2) is 0 Å². The van der Waals surface area contributed by atoms with E-state index in [2.05, 4.69) is 17.9 Å². The Morgan fingerprint density at radius 3 is 2.50 bits per heavy atom. The zero-order chi connectivity index (χ0) is 10.6. The van der Waals surface area contributed by atoms with Gasteiger partial charge in [-0.15, -0.1) is 0 Å². The summed E-state index contributed by atoms with van der Waals surface area (Å²) >= 11 is 3.91. The lowest BCUT2D eigenvalue weighted by atomic mass is 10.1. The number of hydrogen-bond donors (Lipinski definition) is 2. The van der Waals surface area contributed by atoms with Crippen molar-refractivity contribution in [2.75, 3.05) is 5.75 Å². The quantitative estimate of drug-likeness (QED) is 0.733. The fourth-order valence-electron chi connectivity index (χ4n) is 1.23. The molecule has 0 saturated carbocycles. The van der Waals surface area contributed by atoms with Crippen molar-refractivity contribution >= 4 is 18.5 Å². The minimum atomic E-state index is -0.0404. The van der Waals surface area contributed by atoms with E-state index < -0.39 is 0 Å². The molecular weight excluding hydrogens is 194 g/mol. The molecule has 1 aromatic rings. The van der Waals surface area contributed by atoms with Crippen molar-refractivity contribution < 1.29 is 4.79 Å². The van der Waals surface area contributed by atoms with E-state index in [0.717, 1.165) is 5.56 Å². The number of rotatable bonds is 3. The number of amides is 1. The second-order valence-electron chi connectivity index (χ2n) is 3.36. The van der Waals surface area contributed by atoms with Gasteiger partial charge >= 0.3 is 0 Å². The van der Waals surface area contributed by atoms with Gasteiger partial charge in [-0.1, -0.05) is 29.8 Å². The molecule has 1 atom stereocenters. The lowest BCUT2D eigenvalue weighted by molar-refractivity contribution is -0.119. The molecular formula is C11H15NOS. The lowest BCUT2D eigenvalue weighted by Crippen LogP contribution is -2.27. The van der Waals surface area contributed by atoms with Crippen molar-refractivity contribution in [1.29, 1.82) is 0 Å². The van der Waals surface area contributed by atoms with Crippen LogP contribution in [0.4, 0.5) is 0 Å². The van der Waals surface area contributed by atoms with Crippen molar-refractivity contribution in [3.05, 3.63) is 35.4 Å². The van der Waals surface area contributed by atoms with Gasteiger partial charge in [0.1, 0.15) is 0 Å². The molecule has 0 aliphatic carbocycles. The summed E-state index contributed by atoms with van der Waals surface area (Å²) in [4.78, 5) is 11.1. The van der Waals surface area contributed by atoms with E-state index in [4.69, 9.17) is 0 Å². The van der Waals surface area contributed by atoms with Crippen molar-refractivity contribution in [3.63, 3.8) is 0 Å². The molecule has 1 rings (SSSR count). The Balaban J connectivity index is 2.65. The summed E-state index contributed by atoms with van der Waals surface area (Å²) < 4.78 is 0. The highest BCUT2D eigenvalue weighted by atomic mass is 32.1. The largest absolute Gasteiger partial charge is 0.349 e. The molecule has 0 bridgehead atoms. The van der Waals surface area contributed by atoms with Crippen LogP contribution in [0.15, 0.2) is 24.3 Å². The zero-order valence-corrected chi connectivity index (χ0v) is 9.34. The van der Waals surface area contributed by atoms with Crippen LogP contribution in [0.2, 0.25) is 0 Å². The molecule has 0 aromatic heterocycles. The maximum absolute atomic E-state index is 11.1. The van der Waals surface area contributed by atoms with Crippen LogP contribution < -0.4 is 5.32 Å². The van der Waals surface area contributed by atoms with Crippen LogP contribution >= 0.6 is 12.6 Å². The smallest absolute Gasteiger partial charge is 0.230 e. The van der Waals surface area contributed by atoms with E-state index in [1.165, 1.54) is 5.56 Å². The topological polar surface area (TPSA) is 29.1 Å². The maximum Gasteiger partial charge on any atom is 0.230 e. The van der Waals surface area contributed by atoms with Crippen LogP contribution in [-0.2, 0) is 4.79 Å². The third kappa shape index (κ3) is 3.07. The van der Waals surface area contributed by atoms with Gasteiger partial charge in [0.2, 0.25) is 5.91 Å². The Morgan fingerprint density at radius 2 is 2.00 bits per heavy atom. The molecule has 0 heterocycles. The summed E-state index contributed by atoms with van der Waals surface area (Å²) in [7, 11) is 0. The minimum absolute atomic E-state index is 0.0404. The van der Waals surface area contributed by atoms with Crippen LogP contribution in [0, 0.1) is 6.92 Å². The minimum Gasteiger partial charge on any atom is -0.349 e. The molecule has 0 aliphatic heterocycles. The predicted molar refractivity (Wildman–Crippen MR) is 61.6 cm³/mol. The van der Waals surface area contributed by atoms with Gasteiger partial charge in [-0.05, 0) is 19.4 Å². The fraction of sp³-hybridized carbons (Fsp3) is 0.364. The molecule has 2 nitrogen and oxygen atoms in total. The van der Waals surface area contributed by atoms with Gasteiger partial charge in [0, 0.05) is 0 Å². The first-order valence-corrected chi connectivity index (χ1v) is 5.23. The molecule has 1 amide bonds. The highest BCUT2D eigenvalue weighted by molar-refractivity contribution is 7.81. The SMILES string of the molecule is Cc1ccc(C(C)NC(=O)CS)cc1. The van der Waals surface area contributed by atoms with Crippen LogP contribution in [0.3, 0.4) is 0 Å². The van der Waals surface area contributed by atoms with E-state index >= 15 is 0 Å². The maximum atomic E-state index is 11.1. The molecule has 76 valence electrons. The number of thiol groups is 1. The van der Waals surface area contributed by atoms with Crippen LogP contribution in [0.25, 0.3) is 0 Å². The summed E-state index contributed by atoms with van der Waals surface area (Å²) in [6, 6.07) is 8.19. The Bertz CT molecular complexity index is 308. The zero-order valence-electron chi connectivity index (χ0n) is 8.45. The third-order valence-corrected chi connectivity index (χ3v) is 2.39. The second kappa shape index (κ2) is 5.05. The average molecular weight is 209 g/mol. The molecule has 0 spiro atoms. The van der Waals surface area contributed by atoms with E-state index in [9.17, 15) is 4.79 Å². The van der Waals surface area contributed by atoms with E-state index in [0.29, 0.717) is 0 Å². The van der Waals surface area contributed by atoms with Crippen LogP contribution in [-0.4, -0.2) is 11.7 Å². The molecule has 0 aliphatic rings. The van der Waals surface area contributed by atoms with Gasteiger partial charge < -0.3 is 5.32 Å². The summed E-state index contributed by atoms with van der Waals surface area (Å²) in [5, 5.41) is 2.85. The average Bonchev–Trinajstić information content (AvgIpc) is 2.18. The molecule has 1 unspecified atom stereocenters. The lowest BCUT2D eigenvalue weighted by Gasteiger charge is -2.13. The number of carbonyl (C=O) groups excluding carboxylic acids is 1. The number of nitrogens with one attached hydrogen (secondary N) is 1. The fourth-order valence-corrected chi connectivity index (χ4v) is 1.32. The first-order chi connectivity index (χ1) is 6.63. The van der Waals surface area contributed by atoms with Crippen molar-refractivity contribution in [3.8, 4) is 0 Å². The van der Waals surface area contributed by atoms with E-state index in [1.54, 1.807) is 0 Å². The Morgan fingerprint density at radius 1 is 1.43 bits per heavy atom. The summed E-state index contributed by atoms with van der Waals surface area (Å²) in [6.45, 7) is 4.01. The number of hydrogen-bond acceptors (Lipinski definition) is 2. The first-order valence-electron chi connectivity index (χ1n) is 4.60. The predicted octanol–water partition coefficient (Wildman–Crippen LogP) is 2.10. The van der Waals surface area contributed by atoms with Crippen LogP contribution in [0.5, 0.6) is 0 Å². The summed E-state index contributed by atoms with van der Waals surface area (Å²) in [5.41, 5.74) is 2.34. The molecule has 3 heteroatoms. The number of benzene rings is 1. The Kier molecular flexibility index (Phi) is 4.01. The molecule has 0 fully saturated rings. The third-order valence-electron chi connectivity index (χ3n) is 2.10. The van der Waals surface area contributed by atoms with E-state index in [-0.39, 0.29) is 17.7 Å². The molecule has 1 aromatic carbocycles. The van der Waals surface area contributed by atoms with E-state index in [1.807, 2.05) is 38.1 Å². The molecule has 1 N–H and O–H groups in total. The van der Waals surface area contributed by atoms with Crippen molar-refractivity contribution in [2.45, 2.75) is 19.9 Å². The number of aryl methyl sites for hydroxylation is 1. The second-order valence-corrected chi connectivity index (χ2v) is 3.67. The van der Waals surface area contributed by atoms with Gasteiger partial charge in [-0.25, -0.2) is 0 Å². The Hall–Kier alpha value is -0.960. The van der Waals surface area contributed by atoms with Gasteiger partial charge in [-0.2, -0.15) is 12.6 Å². The number of carbonyl (C=O) groups is 1. The highest BCUT2D eigenvalue weighted by Crippen LogP contribution is 2.12. The summed E-state index contributed by atoms with van der Waals surface area (Å²) in [6.07, 6.45) is 0. The van der Waals surface area contributed by atoms with Gasteiger partial charge in [0.05, 0.1) is 11.8 Å². The summed E-state index contributed by atoms with van der Waals surface area (Å²) in [5.74, 6) is 0.192. The van der Waals surface area contributed by atoms with Gasteiger partial charge in [-0.3, -0.25) is 4.79 Å². The van der Waals surface area contributed by atoms with Crippen LogP contribution in [0.1, 0.15) is 24.1 Å². The van der Waals surface area contributed by atoms with Crippen molar-refractivity contribution in [1.82, 2.24) is 5.32 Å². The van der Waals surface area contributed by atoms with Crippen molar-refractivity contribution in [2.24, 2.45) is 0 Å². The normalized spacial score (nSPS) is 12.2. The standard InChI is InChI=1S/C11H15NOS/c1-8-3-5-10(6-4-8)9(2)12-11(13)7-14/h3-6,9,14H,7H2,1-2H3,(H,12,13). The highest BCUT2D eigenvalue weighted by Gasteiger charge is 2.07. The first kappa shape index (κ1) is 11.1. The molecule has 0 radical (unpaired) electrons. The van der Waals surface area contributed by atoms with Gasteiger partial charge in [0.25, 0.3) is 0 Å². The molecule has 0 saturated heterocycles. The monoisotopic (exact) mass is 209 g/mol. The molecule has 14 heavy (non-hydrogen) atoms.